The van der Waals surface area contributed by atoms with Gasteiger partial charge in [0.1, 0.15) is 0 Å². The molecule has 0 aliphatic heterocycles. The van der Waals surface area contributed by atoms with Crippen molar-refractivity contribution >= 4 is 23.4 Å². The largest absolute Gasteiger partial charge is 0.368 e. The molecule has 0 saturated carbocycles. The molecule has 22 heavy (non-hydrogen) atoms. The average Bonchev–Trinajstić information content (AvgIpc) is 2.43. The molecule has 7 heteroatoms. The van der Waals surface area contributed by atoms with Crippen LogP contribution in [0.4, 0.5) is 5.69 Å². The number of primary amides is 1. The summed E-state index contributed by atoms with van der Waals surface area (Å²) in [5, 5.41) is 5.05. The third-order valence-electron chi connectivity index (χ3n) is 3.03. The highest BCUT2D eigenvalue weighted by Gasteiger charge is 2.27. The van der Waals surface area contributed by atoms with Crippen LogP contribution in [0.25, 0.3) is 0 Å². The first kappa shape index (κ1) is 17.6. The molecule has 1 rings (SSSR count). The highest BCUT2D eigenvalue weighted by atomic mass is 16.2. The molecule has 0 bridgehead atoms. The fraction of sp³-hybridized carbons (Fsp3) is 0.400. The smallest absolute Gasteiger partial charge is 0.251 e. The zero-order chi connectivity index (χ0) is 16.9. The van der Waals surface area contributed by atoms with E-state index in [9.17, 15) is 14.4 Å². The molecule has 0 saturated heterocycles. The predicted octanol–water partition coefficient (Wildman–Crippen LogP) is 0.214. The lowest BCUT2D eigenvalue weighted by atomic mass is 9.87. The standard InChI is InChI=1S/C15H22N4O3/c1-15(2,3)12(17)14(22)19-10-6-4-5-9(7-10)13(21)18-8-11(16)20/h4-7,12H,8,17H2,1-3H3,(H2,16,20)(H,18,21)(H,19,22)/t12-/m1/s1. The van der Waals surface area contributed by atoms with Crippen LogP contribution in [-0.4, -0.2) is 30.3 Å². The van der Waals surface area contributed by atoms with Gasteiger partial charge in [-0.1, -0.05) is 26.8 Å². The summed E-state index contributed by atoms with van der Waals surface area (Å²) in [6, 6.07) is 5.66. The summed E-state index contributed by atoms with van der Waals surface area (Å²) >= 11 is 0. The third-order valence-corrected chi connectivity index (χ3v) is 3.03. The Morgan fingerprint density at radius 2 is 1.86 bits per heavy atom. The number of hydrogen-bond donors (Lipinski definition) is 4. The minimum Gasteiger partial charge on any atom is -0.368 e. The second-order valence-electron chi connectivity index (χ2n) is 6.06. The Kier molecular flexibility index (Phi) is 5.64. The highest BCUT2D eigenvalue weighted by molar-refractivity contribution is 5.99. The van der Waals surface area contributed by atoms with Gasteiger partial charge in [0.05, 0.1) is 12.6 Å². The van der Waals surface area contributed by atoms with Crippen molar-refractivity contribution in [1.29, 1.82) is 0 Å². The summed E-state index contributed by atoms with van der Waals surface area (Å²) in [7, 11) is 0. The van der Waals surface area contributed by atoms with E-state index in [0.29, 0.717) is 11.3 Å². The van der Waals surface area contributed by atoms with Crippen molar-refractivity contribution in [2.45, 2.75) is 26.8 Å². The molecule has 1 atom stereocenters. The predicted molar refractivity (Wildman–Crippen MR) is 84.0 cm³/mol. The Hall–Kier alpha value is -2.41. The molecule has 0 aromatic heterocycles. The second-order valence-corrected chi connectivity index (χ2v) is 6.06. The molecule has 0 aliphatic carbocycles. The summed E-state index contributed by atoms with van der Waals surface area (Å²) in [5.41, 5.74) is 11.2. The average molecular weight is 306 g/mol. The lowest BCUT2D eigenvalue weighted by Crippen LogP contribution is -2.45. The van der Waals surface area contributed by atoms with Gasteiger partial charge >= 0.3 is 0 Å². The molecule has 0 fully saturated rings. The van der Waals surface area contributed by atoms with Crippen molar-refractivity contribution in [3.63, 3.8) is 0 Å². The number of nitrogens with two attached hydrogens (primary N) is 2. The van der Waals surface area contributed by atoms with Gasteiger partial charge < -0.3 is 22.1 Å². The monoisotopic (exact) mass is 306 g/mol. The molecular formula is C15H22N4O3. The third kappa shape index (κ3) is 5.17. The molecule has 1 aromatic rings. The lowest BCUT2D eigenvalue weighted by Gasteiger charge is -2.25. The van der Waals surface area contributed by atoms with Crippen LogP contribution in [0, 0.1) is 5.41 Å². The topological polar surface area (TPSA) is 127 Å². The van der Waals surface area contributed by atoms with Crippen LogP contribution in [0.2, 0.25) is 0 Å². The van der Waals surface area contributed by atoms with Crippen molar-refractivity contribution in [2.75, 3.05) is 11.9 Å². The van der Waals surface area contributed by atoms with Crippen LogP contribution in [0.5, 0.6) is 0 Å². The van der Waals surface area contributed by atoms with Crippen LogP contribution in [-0.2, 0) is 9.59 Å². The van der Waals surface area contributed by atoms with Crippen molar-refractivity contribution in [3.05, 3.63) is 29.8 Å². The molecule has 0 unspecified atom stereocenters. The molecule has 1 aromatic carbocycles. The van der Waals surface area contributed by atoms with Crippen LogP contribution >= 0.6 is 0 Å². The zero-order valence-corrected chi connectivity index (χ0v) is 13.0. The Morgan fingerprint density at radius 3 is 2.41 bits per heavy atom. The fourth-order valence-corrected chi connectivity index (χ4v) is 1.62. The van der Waals surface area contributed by atoms with Gasteiger partial charge in [0.25, 0.3) is 5.91 Å². The number of carbonyl (C=O) groups excluding carboxylic acids is 3. The van der Waals surface area contributed by atoms with E-state index in [1.165, 1.54) is 6.07 Å². The summed E-state index contributed by atoms with van der Waals surface area (Å²) in [5.74, 6) is -1.41. The second kappa shape index (κ2) is 7.04. The summed E-state index contributed by atoms with van der Waals surface area (Å²) in [4.78, 5) is 34.5. The maximum absolute atomic E-state index is 12.1. The summed E-state index contributed by atoms with van der Waals surface area (Å²) < 4.78 is 0. The Balaban J connectivity index is 2.78. The van der Waals surface area contributed by atoms with Gasteiger partial charge in [0, 0.05) is 11.3 Å². The fourth-order valence-electron chi connectivity index (χ4n) is 1.62. The molecule has 6 N–H and O–H groups in total. The number of benzene rings is 1. The number of rotatable bonds is 5. The Bertz CT molecular complexity index is 578. The first-order valence-electron chi connectivity index (χ1n) is 6.84. The van der Waals surface area contributed by atoms with Crippen molar-refractivity contribution < 1.29 is 14.4 Å². The van der Waals surface area contributed by atoms with E-state index in [1.807, 2.05) is 20.8 Å². The van der Waals surface area contributed by atoms with Crippen LogP contribution in [0.1, 0.15) is 31.1 Å². The molecular weight excluding hydrogens is 284 g/mol. The van der Waals surface area contributed by atoms with Crippen molar-refractivity contribution in [1.82, 2.24) is 5.32 Å². The van der Waals surface area contributed by atoms with Gasteiger partial charge in [-0.15, -0.1) is 0 Å². The Morgan fingerprint density at radius 1 is 1.23 bits per heavy atom. The SMILES string of the molecule is CC(C)(C)[C@H](N)C(=O)Nc1cccc(C(=O)NCC(N)=O)c1. The van der Waals surface area contributed by atoms with E-state index < -0.39 is 17.9 Å². The van der Waals surface area contributed by atoms with Gasteiger partial charge in [-0.05, 0) is 23.6 Å². The van der Waals surface area contributed by atoms with E-state index in [4.69, 9.17) is 11.5 Å². The minimum atomic E-state index is -0.681. The lowest BCUT2D eigenvalue weighted by molar-refractivity contribution is -0.119. The van der Waals surface area contributed by atoms with E-state index in [2.05, 4.69) is 10.6 Å². The maximum atomic E-state index is 12.1. The van der Waals surface area contributed by atoms with Crippen LogP contribution in [0.15, 0.2) is 24.3 Å². The normalized spacial score (nSPS) is 12.4. The van der Waals surface area contributed by atoms with Crippen molar-refractivity contribution in [2.24, 2.45) is 16.9 Å². The minimum absolute atomic E-state index is 0.246. The molecule has 0 radical (unpaired) electrons. The number of carbonyl (C=O) groups is 3. The molecule has 3 amide bonds. The van der Waals surface area contributed by atoms with Crippen molar-refractivity contribution in [3.8, 4) is 0 Å². The van der Waals surface area contributed by atoms with E-state index in [1.54, 1.807) is 18.2 Å². The van der Waals surface area contributed by atoms with Gasteiger partial charge in [-0.3, -0.25) is 14.4 Å². The molecule has 7 nitrogen and oxygen atoms in total. The van der Waals surface area contributed by atoms with Gasteiger partial charge in [-0.25, -0.2) is 0 Å². The van der Waals surface area contributed by atoms with Gasteiger partial charge in [0.15, 0.2) is 0 Å². The summed E-state index contributed by atoms with van der Waals surface area (Å²) in [6.45, 7) is 5.35. The number of hydrogen-bond acceptors (Lipinski definition) is 4. The first-order chi connectivity index (χ1) is 10.1. The Labute approximate surface area is 129 Å². The molecule has 0 spiro atoms. The van der Waals surface area contributed by atoms with Gasteiger partial charge in [0.2, 0.25) is 11.8 Å². The number of anilines is 1. The van der Waals surface area contributed by atoms with E-state index >= 15 is 0 Å². The number of amides is 3. The zero-order valence-electron chi connectivity index (χ0n) is 13.0. The van der Waals surface area contributed by atoms with Crippen LogP contribution in [0.3, 0.4) is 0 Å². The quantitative estimate of drug-likeness (QED) is 0.620. The van der Waals surface area contributed by atoms with E-state index in [0.717, 1.165) is 0 Å². The maximum Gasteiger partial charge on any atom is 0.251 e. The molecule has 120 valence electrons. The van der Waals surface area contributed by atoms with Crippen LogP contribution < -0.4 is 22.1 Å². The molecule has 0 heterocycles. The van der Waals surface area contributed by atoms with Gasteiger partial charge in [-0.2, -0.15) is 0 Å². The number of nitrogens with one attached hydrogen (secondary N) is 2. The van der Waals surface area contributed by atoms with E-state index in [-0.39, 0.29) is 17.9 Å². The highest BCUT2D eigenvalue weighted by Crippen LogP contribution is 2.19. The molecule has 0 aliphatic rings. The first-order valence-corrected chi connectivity index (χ1v) is 6.84. The summed E-state index contributed by atoms with van der Waals surface area (Å²) in [6.07, 6.45) is 0.